The van der Waals surface area contributed by atoms with E-state index in [0.29, 0.717) is 17.9 Å². The Labute approximate surface area is 229 Å². The second kappa shape index (κ2) is 12.6. The predicted octanol–water partition coefficient (Wildman–Crippen LogP) is 1.42. The molecule has 1 aromatic carbocycles. The number of carbonyl (C=O) groups is 3. The zero-order valence-electron chi connectivity index (χ0n) is 21.6. The summed E-state index contributed by atoms with van der Waals surface area (Å²) in [5.41, 5.74) is 1.47. The number of imidazole rings is 1. The summed E-state index contributed by atoms with van der Waals surface area (Å²) in [4.78, 5) is 44.2. The Morgan fingerprint density at radius 3 is 2.46 bits per heavy atom. The number of aliphatic hydroxyl groups is 1. The van der Waals surface area contributed by atoms with Crippen molar-refractivity contribution in [1.82, 2.24) is 14.9 Å². The predicted molar refractivity (Wildman–Crippen MR) is 138 cm³/mol. The number of esters is 3. The van der Waals surface area contributed by atoms with Crippen molar-refractivity contribution in [1.29, 1.82) is 0 Å². The van der Waals surface area contributed by atoms with Gasteiger partial charge in [-0.2, -0.15) is 0 Å². The van der Waals surface area contributed by atoms with Crippen LogP contribution in [-0.2, 0) is 39.8 Å². The standard InChI is InChI=1S/C25H30ClN5O8/c1-13(33)36-11-18-20(37-14(2)34)21(38-15(3)35)24(39-18)31-12-27-19-22(29-25(26)30-23(19)31)28-17(10-32)9-16-7-5-4-6-8-16/h4-8,12,17-18,20-22,24,28,32H,9-11H2,1-3H3,(H,29,30)/t17?,18-,20-,21-,22+,24-/m1/s1. The van der Waals surface area contributed by atoms with Gasteiger partial charge >= 0.3 is 17.9 Å². The van der Waals surface area contributed by atoms with E-state index in [4.69, 9.17) is 30.5 Å². The molecule has 0 spiro atoms. The second-order valence-corrected chi connectivity index (χ2v) is 9.44. The molecule has 3 N–H and O–H groups in total. The number of aliphatic hydroxyl groups excluding tert-OH is 1. The van der Waals surface area contributed by atoms with Crippen LogP contribution in [0.25, 0.3) is 0 Å². The number of rotatable bonds is 10. The Kier molecular flexibility index (Phi) is 9.17. The van der Waals surface area contributed by atoms with Gasteiger partial charge in [-0.15, -0.1) is 0 Å². The average Bonchev–Trinajstić information content (AvgIpc) is 3.43. The Morgan fingerprint density at radius 2 is 1.82 bits per heavy atom. The molecule has 0 aliphatic carbocycles. The number of ether oxygens (including phenoxy) is 4. The van der Waals surface area contributed by atoms with Gasteiger partial charge in [0.2, 0.25) is 0 Å². The van der Waals surface area contributed by atoms with Crippen molar-refractivity contribution in [2.45, 2.75) is 63.9 Å². The Morgan fingerprint density at radius 1 is 1.13 bits per heavy atom. The number of anilines is 1. The quantitative estimate of drug-likeness (QED) is 0.218. The highest BCUT2D eigenvalue weighted by molar-refractivity contribution is 6.67. The molecule has 0 saturated carbocycles. The highest BCUT2D eigenvalue weighted by Crippen LogP contribution is 2.39. The molecule has 0 bridgehead atoms. The first-order valence-corrected chi connectivity index (χ1v) is 12.6. The summed E-state index contributed by atoms with van der Waals surface area (Å²) >= 11 is 6.34. The SMILES string of the molecule is CC(=O)OC[C@H]1O[C@@H](n2cnc3c2NC(Cl)=N[C@@H]3NC(CO)Cc2ccccc2)[C@H](OC(C)=O)[C@@H]1OC(C)=O. The lowest BCUT2D eigenvalue weighted by atomic mass is 10.1. The van der Waals surface area contributed by atoms with E-state index in [2.05, 4.69) is 20.6 Å². The van der Waals surface area contributed by atoms with E-state index in [1.165, 1.54) is 27.1 Å². The van der Waals surface area contributed by atoms with Gasteiger partial charge in [0.05, 0.1) is 12.9 Å². The fourth-order valence-electron chi connectivity index (χ4n) is 4.53. The monoisotopic (exact) mass is 563 g/mol. The molecule has 1 saturated heterocycles. The summed E-state index contributed by atoms with van der Waals surface area (Å²) in [5, 5.41) is 16.3. The van der Waals surface area contributed by atoms with Crippen molar-refractivity contribution >= 4 is 40.6 Å². The molecular weight excluding hydrogens is 534 g/mol. The number of aliphatic imine (C=N–C) groups is 1. The number of nitrogens with zero attached hydrogens (tertiary/aromatic N) is 3. The summed E-state index contributed by atoms with van der Waals surface area (Å²) in [5.74, 6) is -1.43. The summed E-state index contributed by atoms with van der Waals surface area (Å²) in [6.45, 7) is 3.26. The van der Waals surface area contributed by atoms with E-state index in [-0.39, 0.29) is 24.6 Å². The minimum atomic E-state index is -1.10. The lowest BCUT2D eigenvalue weighted by Gasteiger charge is -2.27. The first kappa shape index (κ1) is 28.5. The van der Waals surface area contributed by atoms with Crippen molar-refractivity contribution in [3.05, 3.63) is 47.9 Å². The molecule has 1 fully saturated rings. The molecule has 2 aliphatic heterocycles. The number of carbonyl (C=O) groups excluding carboxylic acids is 3. The van der Waals surface area contributed by atoms with Crippen LogP contribution in [0.1, 0.15) is 44.4 Å². The third-order valence-corrected chi connectivity index (χ3v) is 6.29. The van der Waals surface area contributed by atoms with E-state index >= 15 is 0 Å². The van der Waals surface area contributed by atoms with Crippen molar-refractivity contribution in [3.8, 4) is 0 Å². The number of fused-ring (bicyclic) bond motifs is 1. The zero-order chi connectivity index (χ0) is 28.1. The van der Waals surface area contributed by atoms with Crippen LogP contribution in [0.4, 0.5) is 5.82 Å². The molecule has 1 unspecified atom stereocenters. The van der Waals surface area contributed by atoms with E-state index in [1.54, 1.807) is 4.57 Å². The van der Waals surface area contributed by atoms with Crippen LogP contribution in [0.15, 0.2) is 41.7 Å². The van der Waals surface area contributed by atoms with Crippen LogP contribution in [-0.4, -0.2) is 75.4 Å². The van der Waals surface area contributed by atoms with Crippen LogP contribution in [0.5, 0.6) is 0 Å². The number of halogens is 1. The molecule has 4 rings (SSSR count). The van der Waals surface area contributed by atoms with E-state index in [0.717, 1.165) is 5.56 Å². The van der Waals surface area contributed by atoms with Crippen LogP contribution in [0.2, 0.25) is 0 Å². The highest BCUT2D eigenvalue weighted by Gasteiger charge is 2.51. The summed E-state index contributed by atoms with van der Waals surface area (Å²) in [6, 6.07) is 9.31. The smallest absolute Gasteiger partial charge is 0.303 e. The number of amidine groups is 1. The number of benzene rings is 1. The number of hydrogen-bond donors (Lipinski definition) is 3. The maximum absolute atomic E-state index is 12.0. The summed E-state index contributed by atoms with van der Waals surface area (Å²) in [6.07, 6.45) is -2.86. The second-order valence-electron chi connectivity index (χ2n) is 9.08. The molecule has 2 aromatic rings. The van der Waals surface area contributed by atoms with Crippen LogP contribution < -0.4 is 10.6 Å². The average molecular weight is 564 g/mol. The molecule has 14 heteroatoms. The van der Waals surface area contributed by atoms with Gasteiger partial charge in [0.25, 0.3) is 0 Å². The van der Waals surface area contributed by atoms with Crippen LogP contribution in [0, 0.1) is 0 Å². The molecule has 210 valence electrons. The van der Waals surface area contributed by atoms with Crippen LogP contribution in [0.3, 0.4) is 0 Å². The van der Waals surface area contributed by atoms with Crippen molar-refractivity contribution in [2.24, 2.45) is 4.99 Å². The fourth-order valence-corrected chi connectivity index (χ4v) is 4.72. The minimum absolute atomic E-state index is 0.0492. The van der Waals surface area contributed by atoms with Crippen molar-refractivity contribution in [2.75, 3.05) is 18.5 Å². The van der Waals surface area contributed by atoms with E-state index in [9.17, 15) is 19.5 Å². The summed E-state index contributed by atoms with van der Waals surface area (Å²) < 4.78 is 23.7. The van der Waals surface area contributed by atoms with E-state index < -0.39 is 48.6 Å². The van der Waals surface area contributed by atoms with Crippen molar-refractivity contribution < 1.29 is 38.4 Å². The van der Waals surface area contributed by atoms with Gasteiger partial charge in [-0.05, 0) is 23.6 Å². The molecule has 2 aliphatic rings. The van der Waals surface area contributed by atoms with Crippen LogP contribution >= 0.6 is 11.6 Å². The molecule has 13 nitrogen and oxygen atoms in total. The van der Waals surface area contributed by atoms with Gasteiger partial charge < -0.3 is 29.4 Å². The fraction of sp³-hybridized carbons (Fsp3) is 0.480. The summed E-state index contributed by atoms with van der Waals surface area (Å²) in [7, 11) is 0. The molecule has 0 amide bonds. The van der Waals surface area contributed by atoms with Gasteiger partial charge in [0.15, 0.2) is 23.7 Å². The Balaban J connectivity index is 1.62. The van der Waals surface area contributed by atoms with Gasteiger partial charge in [-0.1, -0.05) is 30.3 Å². The van der Waals surface area contributed by atoms with Gasteiger partial charge in [0, 0.05) is 26.8 Å². The van der Waals surface area contributed by atoms with E-state index in [1.807, 2.05) is 30.3 Å². The molecule has 0 radical (unpaired) electrons. The Bertz CT molecular complexity index is 1220. The lowest BCUT2D eigenvalue weighted by molar-refractivity contribution is -0.166. The maximum Gasteiger partial charge on any atom is 0.303 e. The maximum atomic E-state index is 12.0. The van der Waals surface area contributed by atoms with Gasteiger partial charge in [-0.25, -0.2) is 9.98 Å². The van der Waals surface area contributed by atoms with Crippen molar-refractivity contribution in [3.63, 3.8) is 0 Å². The Hall–Kier alpha value is -3.52. The van der Waals surface area contributed by atoms with Gasteiger partial charge in [0.1, 0.15) is 30.4 Å². The molecule has 6 atom stereocenters. The zero-order valence-corrected chi connectivity index (χ0v) is 22.3. The minimum Gasteiger partial charge on any atom is -0.463 e. The third-order valence-electron chi connectivity index (χ3n) is 6.10. The number of hydrogen-bond acceptors (Lipinski definition) is 12. The molecule has 39 heavy (non-hydrogen) atoms. The lowest BCUT2D eigenvalue weighted by Crippen LogP contribution is -2.41. The molecule has 3 heterocycles. The normalized spacial score (nSPS) is 24.6. The topological polar surface area (TPSA) is 163 Å². The van der Waals surface area contributed by atoms with Gasteiger partial charge in [-0.3, -0.25) is 24.3 Å². The molecular formula is C25H30ClN5O8. The first-order chi connectivity index (χ1) is 18.7. The number of nitrogens with one attached hydrogen (secondary N) is 2. The highest BCUT2D eigenvalue weighted by atomic mass is 35.5. The largest absolute Gasteiger partial charge is 0.463 e. The first-order valence-electron chi connectivity index (χ1n) is 12.3. The molecule has 1 aromatic heterocycles. The number of aromatic nitrogens is 2. The third kappa shape index (κ3) is 6.92.